The van der Waals surface area contributed by atoms with Crippen molar-refractivity contribution >= 4 is 33.4 Å². The number of thioether (sulfide) groups is 1. The summed E-state index contributed by atoms with van der Waals surface area (Å²) in [4.78, 5) is 14.3. The number of benzene rings is 3. The molecule has 190 valence electrons. The van der Waals surface area contributed by atoms with E-state index in [-0.39, 0.29) is 24.1 Å². The number of rotatable bonds is 10. The van der Waals surface area contributed by atoms with Gasteiger partial charge < -0.3 is 5.32 Å². The van der Waals surface area contributed by atoms with Gasteiger partial charge in [0.2, 0.25) is 15.9 Å². The van der Waals surface area contributed by atoms with Crippen LogP contribution in [0, 0.1) is 12.8 Å². The summed E-state index contributed by atoms with van der Waals surface area (Å²) in [6.45, 7) is 2.74. The molecule has 3 aromatic rings. The van der Waals surface area contributed by atoms with E-state index in [0.29, 0.717) is 25.8 Å². The van der Waals surface area contributed by atoms with Crippen LogP contribution in [0.4, 0.5) is 5.69 Å². The zero-order valence-corrected chi connectivity index (χ0v) is 22.4. The molecule has 0 saturated carbocycles. The van der Waals surface area contributed by atoms with Crippen LogP contribution in [0.3, 0.4) is 0 Å². The molecule has 1 aliphatic heterocycles. The Balaban J connectivity index is 1.29. The van der Waals surface area contributed by atoms with Crippen molar-refractivity contribution in [3.8, 4) is 0 Å². The number of amides is 1. The van der Waals surface area contributed by atoms with Crippen LogP contribution in [0.15, 0.2) is 83.8 Å². The topological polar surface area (TPSA) is 66.5 Å². The molecule has 36 heavy (non-hydrogen) atoms. The Kier molecular flexibility index (Phi) is 9.24. The molecule has 0 unspecified atom stereocenters. The van der Waals surface area contributed by atoms with Gasteiger partial charge in [0.1, 0.15) is 0 Å². The summed E-state index contributed by atoms with van der Waals surface area (Å²) in [7, 11) is -3.38. The average Bonchev–Trinajstić information content (AvgIpc) is 2.90. The maximum atomic E-state index is 13.1. The van der Waals surface area contributed by atoms with Crippen molar-refractivity contribution in [1.29, 1.82) is 0 Å². The Morgan fingerprint density at radius 2 is 1.72 bits per heavy atom. The summed E-state index contributed by atoms with van der Waals surface area (Å²) in [5, 5.41) is 3.05. The molecule has 0 radical (unpaired) electrons. The third-order valence-corrected chi connectivity index (χ3v) is 9.56. The van der Waals surface area contributed by atoms with Crippen LogP contribution in [0.1, 0.15) is 36.0 Å². The third kappa shape index (κ3) is 7.45. The van der Waals surface area contributed by atoms with E-state index < -0.39 is 10.0 Å². The van der Waals surface area contributed by atoms with Gasteiger partial charge in [-0.1, -0.05) is 60.7 Å². The van der Waals surface area contributed by atoms with Crippen molar-refractivity contribution in [1.82, 2.24) is 4.31 Å². The van der Waals surface area contributed by atoms with Crippen LogP contribution in [0.2, 0.25) is 0 Å². The standard InChI is InChI=1S/C29H34N2O3S2/c1-23-20-25(22-35-27-14-6-3-7-15-27)16-17-28(23)30-29(32)26-13-8-18-31(21-26)36(33,34)19-9-12-24-10-4-2-5-11-24/h2-7,10-11,14-17,20,26H,8-9,12-13,18-19,21-22H2,1H3,(H,30,32)/t26-/m1/s1. The van der Waals surface area contributed by atoms with Crippen LogP contribution in [-0.4, -0.2) is 37.5 Å². The number of hydrogen-bond donors (Lipinski definition) is 1. The van der Waals surface area contributed by atoms with Gasteiger partial charge in [-0.05, 0) is 67.5 Å². The molecule has 0 aromatic heterocycles. The van der Waals surface area contributed by atoms with Gasteiger partial charge in [0, 0.05) is 29.4 Å². The summed E-state index contributed by atoms with van der Waals surface area (Å²) < 4.78 is 27.4. The second-order valence-corrected chi connectivity index (χ2v) is 12.5. The third-order valence-electron chi connectivity index (χ3n) is 6.56. The lowest BCUT2D eigenvalue weighted by molar-refractivity contribution is -0.120. The van der Waals surface area contributed by atoms with E-state index >= 15 is 0 Å². The Hall–Kier alpha value is -2.61. The predicted octanol–water partition coefficient (Wildman–Crippen LogP) is 5.90. The maximum absolute atomic E-state index is 13.1. The molecule has 0 spiro atoms. The van der Waals surface area contributed by atoms with Crippen LogP contribution in [-0.2, 0) is 27.0 Å². The highest BCUT2D eigenvalue weighted by Crippen LogP contribution is 2.26. The van der Waals surface area contributed by atoms with Gasteiger partial charge in [-0.15, -0.1) is 11.8 Å². The Labute approximate surface area is 219 Å². The first kappa shape index (κ1) is 26.5. The second kappa shape index (κ2) is 12.6. The number of piperidine rings is 1. The molecule has 0 aliphatic carbocycles. The first-order valence-corrected chi connectivity index (χ1v) is 15.1. The van der Waals surface area contributed by atoms with E-state index in [9.17, 15) is 13.2 Å². The summed E-state index contributed by atoms with van der Waals surface area (Å²) in [5.41, 5.74) is 4.14. The SMILES string of the molecule is Cc1cc(CSc2ccccc2)ccc1NC(=O)[C@@H]1CCCN(S(=O)(=O)CCCc2ccccc2)C1. The Morgan fingerprint density at radius 1 is 1.00 bits per heavy atom. The fraction of sp³-hybridized carbons (Fsp3) is 0.345. The first-order chi connectivity index (χ1) is 17.4. The molecule has 1 aliphatic rings. The Bertz CT molecular complexity index is 1250. The number of anilines is 1. The molecular weight excluding hydrogens is 488 g/mol. The van der Waals surface area contributed by atoms with Crippen LogP contribution >= 0.6 is 11.8 Å². The van der Waals surface area contributed by atoms with E-state index in [0.717, 1.165) is 29.0 Å². The second-order valence-electron chi connectivity index (χ2n) is 9.34. The molecule has 0 bridgehead atoms. The quantitative estimate of drug-likeness (QED) is 0.337. The largest absolute Gasteiger partial charge is 0.326 e. The minimum Gasteiger partial charge on any atom is -0.326 e. The van der Waals surface area contributed by atoms with Gasteiger partial charge in [-0.2, -0.15) is 0 Å². The lowest BCUT2D eigenvalue weighted by atomic mass is 9.98. The normalized spacial score (nSPS) is 16.5. The van der Waals surface area contributed by atoms with Crippen molar-refractivity contribution in [2.24, 2.45) is 5.92 Å². The van der Waals surface area contributed by atoms with Crippen LogP contribution in [0.25, 0.3) is 0 Å². The number of sulfonamides is 1. The fourth-order valence-corrected chi connectivity index (χ4v) is 6.96. The molecular formula is C29H34N2O3S2. The number of carbonyl (C=O) groups excluding carboxylic acids is 1. The van der Waals surface area contributed by atoms with Gasteiger partial charge >= 0.3 is 0 Å². The summed E-state index contributed by atoms with van der Waals surface area (Å²) in [5.74, 6) is 0.528. The predicted molar refractivity (Wildman–Crippen MR) is 149 cm³/mol. The lowest BCUT2D eigenvalue weighted by Gasteiger charge is -2.31. The number of aryl methyl sites for hydroxylation is 2. The molecule has 1 atom stereocenters. The van der Waals surface area contributed by atoms with Gasteiger partial charge in [-0.3, -0.25) is 4.79 Å². The van der Waals surface area contributed by atoms with Crippen molar-refractivity contribution in [2.45, 2.75) is 43.3 Å². The van der Waals surface area contributed by atoms with Crippen molar-refractivity contribution in [2.75, 3.05) is 24.2 Å². The van der Waals surface area contributed by atoms with Gasteiger partial charge in [0.25, 0.3) is 0 Å². The van der Waals surface area contributed by atoms with Gasteiger partial charge in [0.15, 0.2) is 0 Å². The summed E-state index contributed by atoms with van der Waals surface area (Å²) in [6.07, 6.45) is 2.71. The maximum Gasteiger partial charge on any atom is 0.228 e. The van der Waals surface area contributed by atoms with Crippen molar-refractivity contribution in [3.05, 3.63) is 95.6 Å². The van der Waals surface area contributed by atoms with E-state index in [2.05, 4.69) is 23.5 Å². The van der Waals surface area contributed by atoms with Gasteiger partial charge in [0.05, 0.1) is 11.7 Å². The molecule has 1 amide bonds. The minimum absolute atomic E-state index is 0.103. The molecule has 4 rings (SSSR count). The highest BCUT2D eigenvalue weighted by Gasteiger charge is 2.32. The molecule has 1 heterocycles. The summed E-state index contributed by atoms with van der Waals surface area (Å²) in [6, 6.07) is 26.3. The number of hydrogen-bond acceptors (Lipinski definition) is 4. The van der Waals surface area contributed by atoms with Crippen LogP contribution < -0.4 is 5.32 Å². The van der Waals surface area contributed by atoms with Crippen molar-refractivity contribution < 1.29 is 13.2 Å². The molecule has 3 aromatic carbocycles. The van der Waals surface area contributed by atoms with E-state index in [1.165, 1.54) is 14.8 Å². The zero-order valence-electron chi connectivity index (χ0n) is 20.7. The highest BCUT2D eigenvalue weighted by atomic mass is 32.2. The smallest absolute Gasteiger partial charge is 0.228 e. The Morgan fingerprint density at radius 3 is 2.44 bits per heavy atom. The monoisotopic (exact) mass is 522 g/mol. The van der Waals surface area contributed by atoms with E-state index in [1.54, 1.807) is 11.8 Å². The molecule has 5 nitrogen and oxygen atoms in total. The number of nitrogens with zero attached hydrogens (tertiary/aromatic N) is 1. The lowest BCUT2D eigenvalue weighted by Crippen LogP contribution is -2.44. The highest BCUT2D eigenvalue weighted by molar-refractivity contribution is 7.98. The van der Waals surface area contributed by atoms with Crippen LogP contribution in [0.5, 0.6) is 0 Å². The number of carbonyl (C=O) groups is 1. The molecule has 1 fully saturated rings. The first-order valence-electron chi connectivity index (χ1n) is 12.5. The fourth-order valence-electron chi connectivity index (χ4n) is 4.52. The summed E-state index contributed by atoms with van der Waals surface area (Å²) >= 11 is 1.78. The molecule has 7 heteroatoms. The average molecular weight is 523 g/mol. The van der Waals surface area contributed by atoms with Gasteiger partial charge in [-0.25, -0.2) is 12.7 Å². The minimum atomic E-state index is -3.38. The van der Waals surface area contributed by atoms with E-state index in [4.69, 9.17) is 0 Å². The zero-order chi connectivity index (χ0) is 25.4. The van der Waals surface area contributed by atoms with Crippen molar-refractivity contribution in [3.63, 3.8) is 0 Å². The molecule has 1 saturated heterocycles. The van der Waals surface area contributed by atoms with E-state index in [1.807, 2.05) is 67.6 Å². The molecule has 1 N–H and O–H groups in total. The number of nitrogens with one attached hydrogen (secondary N) is 1.